The van der Waals surface area contributed by atoms with E-state index in [1.807, 2.05) is 12.1 Å². The highest BCUT2D eigenvalue weighted by Gasteiger charge is 2.37. The molecule has 4 aromatic carbocycles. The van der Waals surface area contributed by atoms with Crippen LogP contribution in [0.2, 0.25) is 0 Å². The molecule has 0 aliphatic carbocycles. The Labute approximate surface area is 181 Å². The van der Waals surface area contributed by atoms with E-state index in [4.69, 9.17) is 5.73 Å². The predicted octanol–water partition coefficient (Wildman–Crippen LogP) is 4.50. The van der Waals surface area contributed by atoms with Gasteiger partial charge in [-0.05, 0) is 47.5 Å². The Balaban J connectivity index is 1.62. The molecule has 0 radical (unpaired) electrons. The van der Waals surface area contributed by atoms with Crippen LogP contribution in [0.4, 0.5) is 17.1 Å². The van der Waals surface area contributed by atoms with Crippen LogP contribution in [0.1, 0.15) is 20.7 Å². The maximum atomic E-state index is 13.3. The average molecular weight is 425 g/mol. The van der Waals surface area contributed by atoms with Crippen LogP contribution in [0, 0.1) is 10.1 Å². The monoisotopic (exact) mass is 425 g/mol. The molecule has 0 bridgehead atoms. The van der Waals surface area contributed by atoms with Gasteiger partial charge in [-0.1, -0.05) is 30.3 Å². The first-order valence-electron chi connectivity index (χ1n) is 9.64. The van der Waals surface area contributed by atoms with Gasteiger partial charge in [0, 0.05) is 22.7 Å². The topological polar surface area (TPSA) is 127 Å². The summed E-state index contributed by atoms with van der Waals surface area (Å²) in [5, 5.41) is 21.9. The Hall–Kier alpha value is -4.72. The molecule has 1 heterocycles. The largest absolute Gasteiger partial charge is 0.502 e. The van der Waals surface area contributed by atoms with Crippen molar-refractivity contribution in [2.24, 2.45) is 0 Å². The Bertz CT molecular complexity index is 1440. The molecule has 32 heavy (non-hydrogen) atoms. The highest BCUT2D eigenvalue weighted by molar-refractivity contribution is 6.36. The lowest BCUT2D eigenvalue weighted by Crippen LogP contribution is -2.40. The number of hydrogen-bond donors (Lipinski definition) is 2. The Morgan fingerprint density at radius 3 is 2.06 bits per heavy atom. The molecule has 0 unspecified atom stereocenters. The van der Waals surface area contributed by atoms with E-state index in [0.29, 0.717) is 11.4 Å². The number of nitrogens with zero attached hydrogens (tertiary/aromatic N) is 2. The number of carbonyl (C=O) groups is 2. The smallest absolute Gasteiger partial charge is 0.318 e. The van der Waals surface area contributed by atoms with Gasteiger partial charge in [-0.3, -0.25) is 19.7 Å². The minimum absolute atomic E-state index is 0.0286. The van der Waals surface area contributed by atoms with Crippen molar-refractivity contribution in [3.63, 3.8) is 0 Å². The van der Waals surface area contributed by atoms with Gasteiger partial charge in [-0.25, -0.2) is 4.90 Å². The number of aromatic hydroxyl groups is 1. The van der Waals surface area contributed by atoms with E-state index in [0.717, 1.165) is 22.1 Å². The molecule has 3 N–H and O–H groups in total. The number of nitro groups is 1. The van der Waals surface area contributed by atoms with Crippen molar-refractivity contribution >= 4 is 39.6 Å². The number of benzene rings is 4. The Morgan fingerprint density at radius 2 is 1.44 bits per heavy atom. The molecule has 0 fully saturated rings. The summed E-state index contributed by atoms with van der Waals surface area (Å²) in [7, 11) is 0. The molecule has 4 aromatic rings. The summed E-state index contributed by atoms with van der Waals surface area (Å²) in [6, 6.07) is 19.6. The standard InChI is InChI=1S/C24H15N3O5/c25-15-8-4-13(5-9-15)14-6-10-16(11-7-14)26-23(29)18-3-1-2-17-21(18)19(24(26)30)12-20(28)22(17)27(31)32/h1-12,28H,25H2. The van der Waals surface area contributed by atoms with E-state index in [1.54, 1.807) is 36.4 Å². The van der Waals surface area contributed by atoms with Gasteiger partial charge in [0.1, 0.15) is 0 Å². The van der Waals surface area contributed by atoms with Crippen LogP contribution in [0.25, 0.3) is 21.9 Å². The van der Waals surface area contributed by atoms with E-state index in [2.05, 4.69) is 0 Å². The molecule has 156 valence electrons. The van der Waals surface area contributed by atoms with E-state index in [1.165, 1.54) is 18.2 Å². The molecule has 0 atom stereocenters. The van der Waals surface area contributed by atoms with Crippen molar-refractivity contribution in [3.8, 4) is 16.9 Å². The lowest BCUT2D eigenvalue weighted by Gasteiger charge is -2.27. The number of rotatable bonds is 3. The number of nitro benzene ring substituents is 1. The highest BCUT2D eigenvalue weighted by atomic mass is 16.6. The normalized spacial score (nSPS) is 12.9. The van der Waals surface area contributed by atoms with Crippen molar-refractivity contribution in [1.82, 2.24) is 0 Å². The minimum atomic E-state index is -0.727. The van der Waals surface area contributed by atoms with Gasteiger partial charge in [-0.15, -0.1) is 0 Å². The van der Waals surface area contributed by atoms with Crippen molar-refractivity contribution in [1.29, 1.82) is 0 Å². The molecular formula is C24H15N3O5. The molecule has 5 rings (SSSR count). The van der Waals surface area contributed by atoms with Crippen LogP contribution in [0.15, 0.2) is 72.8 Å². The number of anilines is 2. The molecule has 1 aliphatic rings. The summed E-state index contributed by atoms with van der Waals surface area (Å²) >= 11 is 0. The quantitative estimate of drug-likeness (QED) is 0.215. The lowest BCUT2D eigenvalue weighted by molar-refractivity contribution is -0.384. The summed E-state index contributed by atoms with van der Waals surface area (Å²) < 4.78 is 0. The van der Waals surface area contributed by atoms with Gasteiger partial charge >= 0.3 is 5.69 Å². The third kappa shape index (κ3) is 2.78. The predicted molar refractivity (Wildman–Crippen MR) is 120 cm³/mol. The molecular weight excluding hydrogens is 410 g/mol. The van der Waals surface area contributed by atoms with Crippen LogP contribution in [-0.2, 0) is 0 Å². The van der Waals surface area contributed by atoms with Gasteiger partial charge < -0.3 is 10.8 Å². The van der Waals surface area contributed by atoms with Crippen LogP contribution in [0.5, 0.6) is 5.75 Å². The van der Waals surface area contributed by atoms with E-state index >= 15 is 0 Å². The zero-order chi connectivity index (χ0) is 22.6. The first-order chi connectivity index (χ1) is 15.4. The Morgan fingerprint density at radius 1 is 0.844 bits per heavy atom. The molecule has 0 saturated heterocycles. The van der Waals surface area contributed by atoms with E-state index < -0.39 is 28.2 Å². The molecule has 2 amide bonds. The number of nitrogen functional groups attached to an aromatic ring is 1. The second-order valence-electron chi connectivity index (χ2n) is 7.39. The maximum Gasteiger partial charge on any atom is 0.318 e. The number of phenolic OH excluding ortho intramolecular Hbond substituents is 1. The third-order valence-electron chi connectivity index (χ3n) is 5.53. The summed E-state index contributed by atoms with van der Waals surface area (Å²) in [5.74, 6) is -1.88. The van der Waals surface area contributed by atoms with Gasteiger partial charge in [0.25, 0.3) is 11.8 Å². The summed E-state index contributed by atoms with van der Waals surface area (Å²) in [6.45, 7) is 0. The first-order valence-corrected chi connectivity index (χ1v) is 9.64. The third-order valence-corrected chi connectivity index (χ3v) is 5.53. The van der Waals surface area contributed by atoms with Gasteiger partial charge in [0.15, 0.2) is 5.75 Å². The zero-order valence-corrected chi connectivity index (χ0v) is 16.5. The van der Waals surface area contributed by atoms with E-state index in [-0.39, 0.29) is 21.9 Å². The molecule has 0 saturated carbocycles. The second kappa shape index (κ2) is 6.92. The lowest BCUT2D eigenvalue weighted by atomic mass is 9.92. The second-order valence-corrected chi connectivity index (χ2v) is 7.39. The summed E-state index contributed by atoms with van der Waals surface area (Å²) in [4.78, 5) is 38.2. The fraction of sp³-hybridized carbons (Fsp3) is 0. The van der Waals surface area contributed by atoms with Crippen molar-refractivity contribution in [3.05, 3.63) is 94.0 Å². The number of nitrogens with two attached hydrogens (primary N) is 1. The average Bonchev–Trinajstić information content (AvgIpc) is 2.78. The summed E-state index contributed by atoms with van der Waals surface area (Å²) in [6.07, 6.45) is 0. The van der Waals surface area contributed by atoms with Crippen LogP contribution < -0.4 is 10.6 Å². The maximum absolute atomic E-state index is 13.3. The SMILES string of the molecule is Nc1ccc(-c2ccc(N3C(=O)c4cccc5c([N+](=O)[O-])c(O)cc(c45)C3=O)cc2)cc1. The van der Waals surface area contributed by atoms with Crippen LogP contribution in [-0.4, -0.2) is 21.8 Å². The van der Waals surface area contributed by atoms with Crippen LogP contribution in [0.3, 0.4) is 0 Å². The van der Waals surface area contributed by atoms with Gasteiger partial charge in [0.05, 0.1) is 21.6 Å². The zero-order valence-electron chi connectivity index (χ0n) is 16.5. The van der Waals surface area contributed by atoms with E-state index in [9.17, 15) is 24.8 Å². The van der Waals surface area contributed by atoms with Gasteiger partial charge in [-0.2, -0.15) is 0 Å². The number of phenols is 1. The minimum Gasteiger partial charge on any atom is -0.502 e. The number of amides is 2. The number of imide groups is 1. The number of hydrogen-bond acceptors (Lipinski definition) is 6. The number of carbonyl (C=O) groups excluding carboxylic acids is 2. The molecule has 8 nitrogen and oxygen atoms in total. The van der Waals surface area contributed by atoms with Crippen LogP contribution >= 0.6 is 0 Å². The first kappa shape index (κ1) is 19.3. The van der Waals surface area contributed by atoms with Crippen molar-refractivity contribution < 1.29 is 19.6 Å². The van der Waals surface area contributed by atoms with Crippen molar-refractivity contribution in [2.75, 3.05) is 10.6 Å². The summed E-state index contributed by atoms with van der Waals surface area (Å²) in [5.41, 5.74) is 8.17. The molecule has 1 aliphatic heterocycles. The van der Waals surface area contributed by atoms with Crippen molar-refractivity contribution in [2.45, 2.75) is 0 Å². The molecule has 8 heteroatoms. The van der Waals surface area contributed by atoms with Gasteiger partial charge in [0.2, 0.25) is 0 Å². The Kier molecular flexibility index (Phi) is 4.16. The highest BCUT2D eigenvalue weighted by Crippen LogP contribution is 2.42. The molecule has 0 aromatic heterocycles. The fourth-order valence-electron chi connectivity index (χ4n) is 4.04. The molecule has 0 spiro atoms. The fourth-order valence-corrected chi connectivity index (χ4v) is 4.04.